The average Bonchev–Trinajstić information content (AvgIpc) is 2.68. The van der Waals surface area contributed by atoms with E-state index in [1.807, 2.05) is 31.2 Å². The van der Waals surface area contributed by atoms with Crippen LogP contribution in [0.4, 0.5) is 5.69 Å². The molecule has 2 aromatic carbocycles. The number of halogens is 1. The Bertz CT molecular complexity index is 856. The van der Waals surface area contributed by atoms with Gasteiger partial charge >= 0.3 is 0 Å². The van der Waals surface area contributed by atoms with E-state index in [0.29, 0.717) is 29.4 Å². The number of rotatable bonds is 6. The largest absolute Gasteiger partial charge is 0.497 e. The molecule has 1 atom stereocenters. The van der Waals surface area contributed by atoms with Gasteiger partial charge in [0.25, 0.3) is 5.91 Å². The number of nitrogens with zero attached hydrogens (tertiary/aromatic N) is 1. The topological polar surface area (TPSA) is 67.9 Å². The lowest BCUT2D eigenvalue weighted by Gasteiger charge is -2.33. The number of carbonyl (C=O) groups is 2. The van der Waals surface area contributed by atoms with Crippen LogP contribution in [0.3, 0.4) is 0 Å². The number of hydrogen-bond acceptors (Lipinski definition) is 4. The minimum atomic E-state index is -0.607. The molecule has 1 aliphatic heterocycles. The van der Waals surface area contributed by atoms with Gasteiger partial charge in [0, 0.05) is 11.6 Å². The van der Waals surface area contributed by atoms with Gasteiger partial charge in [0.1, 0.15) is 18.0 Å². The molecule has 0 aliphatic carbocycles. The maximum Gasteiger partial charge on any atom is 0.268 e. The van der Waals surface area contributed by atoms with Crippen molar-refractivity contribution in [3.05, 3.63) is 53.1 Å². The molecule has 6 nitrogen and oxygen atoms in total. The fraction of sp³-hybridized carbons (Fsp3) is 0.300. The summed E-state index contributed by atoms with van der Waals surface area (Å²) >= 11 is 6.06. The first-order valence-electron chi connectivity index (χ1n) is 8.69. The number of carbonyl (C=O) groups excluding carboxylic acids is 2. The number of hydrogen-bond donors (Lipinski definition) is 1. The molecule has 2 amide bonds. The molecule has 0 radical (unpaired) electrons. The van der Waals surface area contributed by atoms with Crippen LogP contribution in [-0.2, 0) is 16.1 Å². The minimum Gasteiger partial charge on any atom is -0.497 e. The van der Waals surface area contributed by atoms with E-state index in [4.69, 9.17) is 21.1 Å². The molecule has 142 valence electrons. The van der Waals surface area contributed by atoms with Crippen molar-refractivity contribution in [3.8, 4) is 11.5 Å². The predicted octanol–water partition coefficient (Wildman–Crippen LogP) is 3.17. The molecule has 1 unspecified atom stereocenters. The molecule has 0 aromatic heterocycles. The number of anilines is 1. The molecule has 0 bridgehead atoms. The summed E-state index contributed by atoms with van der Waals surface area (Å²) in [7, 11) is 1.59. The van der Waals surface area contributed by atoms with Crippen LogP contribution in [0.25, 0.3) is 0 Å². The van der Waals surface area contributed by atoms with Crippen molar-refractivity contribution in [3.63, 3.8) is 0 Å². The Morgan fingerprint density at radius 2 is 2.11 bits per heavy atom. The third-order valence-electron chi connectivity index (χ3n) is 4.32. The minimum absolute atomic E-state index is 0.101. The van der Waals surface area contributed by atoms with Gasteiger partial charge in [0.2, 0.25) is 5.91 Å². The van der Waals surface area contributed by atoms with Crippen LogP contribution < -0.4 is 19.7 Å². The lowest BCUT2D eigenvalue weighted by Crippen LogP contribution is -2.49. The summed E-state index contributed by atoms with van der Waals surface area (Å²) in [6.07, 6.45) is -0.0899. The quantitative estimate of drug-likeness (QED) is 0.825. The molecule has 0 saturated heterocycles. The summed E-state index contributed by atoms with van der Waals surface area (Å²) in [6.45, 7) is 2.11. The van der Waals surface area contributed by atoms with Crippen LogP contribution in [0.2, 0.25) is 5.02 Å². The van der Waals surface area contributed by atoms with Gasteiger partial charge in [-0.1, -0.05) is 30.7 Å². The molecule has 7 heteroatoms. The summed E-state index contributed by atoms with van der Waals surface area (Å²) in [4.78, 5) is 26.6. The lowest BCUT2D eigenvalue weighted by atomic mass is 10.1. The molecule has 1 N–H and O–H groups in total. The second-order valence-electron chi connectivity index (χ2n) is 6.18. The summed E-state index contributed by atoms with van der Waals surface area (Å²) in [6, 6.07) is 12.5. The Hall–Kier alpha value is -2.73. The van der Waals surface area contributed by atoms with Crippen molar-refractivity contribution in [1.29, 1.82) is 0 Å². The highest BCUT2D eigenvalue weighted by atomic mass is 35.5. The summed E-state index contributed by atoms with van der Waals surface area (Å²) in [5.41, 5.74) is 1.42. The van der Waals surface area contributed by atoms with E-state index < -0.39 is 6.10 Å². The lowest BCUT2D eigenvalue weighted by molar-refractivity contribution is -0.129. The molecule has 0 spiro atoms. The van der Waals surface area contributed by atoms with E-state index in [2.05, 4.69) is 5.32 Å². The average molecular weight is 389 g/mol. The Morgan fingerprint density at radius 3 is 2.85 bits per heavy atom. The molecular formula is C20H21ClN2O4. The molecule has 1 heterocycles. The normalized spacial score (nSPS) is 15.7. The summed E-state index contributed by atoms with van der Waals surface area (Å²) < 4.78 is 10.9. The van der Waals surface area contributed by atoms with Gasteiger partial charge in [0.15, 0.2) is 6.10 Å². The second kappa shape index (κ2) is 8.31. The van der Waals surface area contributed by atoms with Crippen molar-refractivity contribution >= 4 is 29.1 Å². The first-order chi connectivity index (χ1) is 13.0. The number of nitrogens with one attached hydrogen (secondary N) is 1. The Balaban J connectivity index is 1.72. The van der Waals surface area contributed by atoms with E-state index >= 15 is 0 Å². The molecule has 2 aromatic rings. The zero-order valence-electron chi connectivity index (χ0n) is 15.2. The number of methoxy groups -OCH3 is 1. The third-order valence-corrected chi connectivity index (χ3v) is 4.55. The van der Waals surface area contributed by atoms with Gasteiger partial charge < -0.3 is 14.8 Å². The van der Waals surface area contributed by atoms with Crippen LogP contribution >= 0.6 is 11.6 Å². The van der Waals surface area contributed by atoms with E-state index in [9.17, 15) is 9.59 Å². The molecule has 0 saturated carbocycles. The van der Waals surface area contributed by atoms with Crippen molar-refractivity contribution in [2.45, 2.75) is 26.0 Å². The molecule has 27 heavy (non-hydrogen) atoms. The SMILES string of the molecule is CCC1Oc2ccc(Cl)cc2N(CC(=O)NCc2cccc(OC)c2)C1=O. The zero-order valence-corrected chi connectivity index (χ0v) is 16.0. The van der Waals surface area contributed by atoms with E-state index in [0.717, 1.165) is 11.3 Å². The first-order valence-corrected chi connectivity index (χ1v) is 9.06. The second-order valence-corrected chi connectivity index (χ2v) is 6.62. The van der Waals surface area contributed by atoms with Gasteiger partial charge in [-0.25, -0.2) is 0 Å². The number of amides is 2. The van der Waals surface area contributed by atoms with Gasteiger partial charge in [-0.3, -0.25) is 14.5 Å². The summed E-state index contributed by atoms with van der Waals surface area (Å²) in [5, 5.41) is 3.31. The van der Waals surface area contributed by atoms with Crippen LogP contribution in [0.5, 0.6) is 11.5 Å². The zero-order chi connectivity index (χ0) is 19.4. The molecule has 1 aliphatic rings. The fourth-order valence-corrected chi connectivity index (χ4v) is 3.07. The highest BCUT2D eigenvalue weighted by molar-refractivity contribution is 6.31. The van der Waals surface area contributed by atoms with Crippen LogP contribution in [0.1, 0.15) is 18.9 Å². The van der Waals surface area contributed by atoms with E-state index in [1.165, 1.54) is 4.90 Å². The highest BCUT2D eigenvalue weighted by Gasteiger charge is 2.34. The Morgan fingerprint density at radius 1 is 1.30 bits per heavy atom. The van der Waals surface area contributed by atoms with Gasteiger partial charge in [-0.05, 0) is 42.3 Å². The monoisotopic (exact) mass is 388 g/mol. The number of fused-ring (bicyclic) bond motifs is 1. The van der Waals surface area contributed by atoms with Crippen molar-refractivity contribution in [1.82, 2.24) is 5.32 Å². The van der Waals surface area contributed by atoms with Crippen LogP contribution in [0.15, 0.2) is 42.5 Å². The summed E-state index contributed by atoms with van der Waals surface area (Å²) in [5.74, 6) is 0.753. The number of benzene rings is 2. The molecule has 3 rings (SSSR count). The van der Waals surface area contributed by atoms with Crippen LogP contribution in [-0.4, -0.2) is 31.6 Å². The predicted molar refractivity (Wildman–Crippen MR) is 103 cm³/mol. The van der Waals surface area contributed by atoms with Crippen molar-refractivity contribution in [2.24, 2.45) is 0 Å². The maximum absolute atomic E-state index is 12.7. The fourth-order valence-electron chi connectivity index (χ4n) is 2.90. The van der Waals surface area contributed by atoms with Crippen molar-refractivity contribution in [2.75, 3.05) is 18.6 Å². The number of ether oxygens (including phenoxy) is 2. The maximum atomic E-state index is 12.7. The van der Waals surface area contributed by atoms with E-state index in [-0.39, 0.29) is 18.4 Å². The van der Waals surface area contributed by atoms with Gasteiger partial charge in [-0.15, -0.1) is 0 Å². The van der Waals surface area contributed by atoms with Gasteiger partial charge in [-0.2, -0.15) is 0 Å². The van der Waals surface area contributed by atoms with E-state index in [1.54, 1.807) is 25.3 Å². The third kappa shape index (κ3) is 4.34. The Kier molecular flexibility index (Phi) is 5.86. The van der Waals surface area contributed by atoms with Crippen LogP contribution in [0, 0.1) is 0 Å². The smallest absolute Gasteiger partial charge is 0.268 e. The standard InChI is InChI=1S/C20H21ClN2O4/c1-3-17-20(25)23(16-10-14(21)7-8-18(16)27-17)12-19(24)22-11-13-5-4-6-15(9-13)26-2/h4-10,17H,3,11-12H2,1-2H3,(H,22,24). The highest BCUT2D eigenvalue weighted by Crippen LogP contribution is 2.36. The first kappa shape index (κ1) is 19.0. The Labute approximate surface area is 163 Å². The molecule has 0 fully saturated rings. The van der Waals surface area contributed by atoms with Crippen molar-refractivity contribution < 1.29 is 19.1 Å². The molecular weight excluding hydrogens is 368 g/mol. The van der Waals surface area contributed by atoms with Gasteiger partial charge in [0.05, 0.1) is 12.8 Å².